The summed E-state index contributed by atoms with van der Waals surface area (Å²) in [5.74, 6) is 4.44. The number of nitrogens with zero attached hydrogens (tertiary/aromatic N) is 2. The minimum Gasteiger partial charge on any atom is -0.345 e. The van der Waals surface area contributed by atoms with Crippen molar-refractivity contribution in [3.63, 3.8) is 0 Å². The van der Waals surface area contributed by atoms with Gasteiger partial charge >= 0.3 is 0 Å². The Balaban J connectivity index is 1.30. The van der Waals surface area contributed by atoms with Crippen molar-refractivity contribution in [2.24, 2.45) is 0 Å². The van der Waals surface area contributed by atoms with Crippen molar-refractivity contribution in [2.45, 2.75) is 77.5 Å². The molecule has 0 bridgehead atoms. The van der Waals surface area contributed by atoms with E-state index in [9.17, 15) is 28.8 Å². The van der Waals surface area contributed by atoms with E-state index in [1.54, 1.807) is 62.4 Å². The molecule has 4 N–H and O–H groups in total. The van der Waals surface area contributed by atoms with Crippen LogP contribution in [0.4, 0.5) is 11.4 Å². The summed E-state index contributed by atoms with van der Waals surface area (Å²) >= 11 is 0. The largest absolute Gasteiger partial charge is 0.345 e. The van der Waals surface area contributed by atoms with E-state index in [1.165, 1.54) is 23.6 Å². The third-order valence-corrected chi connectivity index (χ3v) is 7.91. The highest BCUT2D eigenvalue weighted by atomic mass is 16.2. The van der Waals surface area contributed by atoms with Crippen LogP contribution >= 0.6 is 0 Å². The molecule has 4 atom stereocenters. The Morgan fingerprint density at radius 2 is 0.978 bits per heavy atom. The van der Waals surface area contributed by atoms with Gasteiger partial charge in [0.1, 0.15) is 24.2 Å². The molecule has 6 amide bonds. The molecule has 0 saturated carbocycles. The van der Waals surface area contributed by atoms with Gasteiger partial charge in [-0.1, -0.05) is 11.8 Å². The van der Waals surface area contributed by atoms with E-state index < -0.39 is 24.2 Å². The number of nitrogens with one attached hydrogen (secondary N) is 4. The van der Waals surface area contributed by atoms with Crippen molar-refractivity contribution in [3.05, 3.63) is 59.7 Å². The summed E-state index contributed by atoms with van der Waals surface area (Å²) in [6.07, 6.45) is 2.51. The molecule has 0 spiro atoms. The van der Waals surface area contributed by atoms with Gasteiger partial charge < -0.3 is 31.1 Å². The number of rotatable bonds is 8. The first kappa shape index (κ1) is 33.7. The van der Waals surface area contributed by atoms with Gasteiger partial charge in [-0.05, 0) is 88.1 Å². The maximum absolute atomic E-state index is 13.0. The van der Waals surface area contributed by atoms with Crippen LogP contribution < -0.4 is 21.3 Å². The number of anilines is 2. The Bertz CT molecular complexity index is 1430. The monoisotopic (exact) mass is 628 g/mol. The average molecular weight is 629 g/mol. The van der Waals surface area contributed by atoms with Crippen LogP contribution in [0.25, 0.3) is 0 Å². The molecule has 2 aliphatic rings. The zero-order valence-electron chi connectivity index (χ0n) is 26.5. The fourth-order valence-electron chi connectivity index (χ4n) is 5.71. The molecule has 4 rings (SSSR count). The lowest BCUT2D eigenvalue weighted by molar-refractivity contribution is -0.139. The first-order chi connectivity index (χ1) is 21.9. The van der Waals surface area contributed by atoms with Gasteiger partial charge in [-0.2, -0.15) is 0 Å². The number of carbonyl (C=O) groups is 6. The first-order valence-electron chi connectivity index (χ1n) is 15.4. The highest BCUT2D eigenvalue weighted by Gasteiger charge is 2.37. The van der Waals surface area contributed by atoms with Crippen LogP contribution in [-0.2, 0) is 28.8 Å². The van der Waals surface area contributed by atoms with E-state index >= 15 is 0 Å². The molecule has 0 radical (unpaired) electrons. The molecular weight excluding hydrogens is 588 g/mol. The van der Waals surface area contributed by atoms with Crippen molar-refractivity contribution < 1.29 is 28.8 Å². The number of hydrogen-bond acceptors (Lipinski definition) is 6. The maximum Gasteiger partial charge on any atom is 0.247 e. The van der Waals surface area contributed by atoms with Gasteiger partial charge in [0, 0.05) is 49.4 Å². The molecule has 242 valence electrons. The quantitative estimate of drug-likeness (QED) is 0.328. The first-order valence-corrected chi connectivity index (χ1v) is 15.4. The summed E-state index contributed by atoms with van der Waals surface area (Å²) in [6.45, 7) is 6.84. The van der Waals surface area contributed by atoms with Crippen LogP contribution in [0.15, 0.2) is 48.5 Å². The molecule has 2 heterocycles. The number of likely N-dealkylation sites (tertiary alicyclic amines) is 2. The number of hydrogen-bond donors (Lipinski definition) is 4. The minimum atomic E-state index is -0.703. The van der Waals surface area contributed by atoms with Crippen LogP contribution in [0.3, 0.4) is 0 Å². The van der Waals surface area contributed by atoms with E-state index in [1.807, 2.05) is 0 Å². The lowest BCUT2D eigenvalue weighted by atomic mass is 10.1. The molecule has 12 nitrogen and oxygen atoms in total. The summed E-state index contributed by atoms with van der Waals surface area (Å²) in [7, 11) is 0. The maximum atomic E-state index is 13.0. The second-order valence-electron chi connectivity index (χ2n) is 11.6. The summed E-state index contributed by atoms with van der Waals surface area (Å²) in [4.78, 5) is 77.2. The molecule has 46 heavy (non-hydrogen) atoms. The van der Waals surface area contributed by atoms with E-state index in [4.69, 9.17) is 0 Å². The highest BCUT2D eigenvalue weighted by molar-refractivity contribution is 5.99. The van der Waals surface area contributed by atoms with E-state index in [2.05, 4.69) is 33.1 Å². The van der Waals surface area contributed by atoms with Crippen LogP contribution in [-0.4, -0.2) is 82.5 Å². The zero-order chi connectivity index (χ0) is 33.4. The zero-order valence-corrected chi connectivity index (χ0v) is 26.5. The van der Waals surface area contributed by atoms with Crippen LogP contribution in [0.5, 0.6) is 0 Å². The molecule has 2 aromatic carbocycles. The van der Waals surface area contributed by atoms with Crippen LogP contribution in [0.2, 0.25) is 0 Å². The molecule has 0 unspecified atom stereocenters. The Labute approximate surface area is 268 Å². The van der Waals surface area contributed by atoms with Gasteiger partial charge in [0.15, 0.2) is 0 Å². The highest BCUT2D eigenvalue weighted by Crippen LogP contribution is 2.22. The van der Waals surface area contributed by atoms with Crippen LogP contribution in [0, 0.1) is 11.8 Å². The number of benzene rings is 2. The van der Waals surface area contributed by atoms with Crippen LogP contribution in [0.1, 0.15) is 64.5 Å². The summed E-state index contributed by atoms with van der Waals surface area (Å²) in [5, 5.41) is 10.9. The Morgan fingerprint density at radius 1 is 0.630 bits per heavy atom. The smallest absolute Gasteiger partial charge is 0.247 e. The molecular formula is C34H40N6O6. The molecule has 0 aliphatic carbocycles. The average Bonchev–Trinajstić information content (AvgIpc) is 3.71. The standard InChI is InChI=1S/C34H40N6O6/c1-21(35-23(3)41)33(45)39-19-5-7-29(39)31(43)37-27-15-11-25(12-16-27)9-10-26-13-17-28(18-14-26)38-32(44)30-8-6-20-40(30)34(46)22(2)36-24(4)42/h11-18,21-22,29-30H,5-8,19-20H2,1-4H3,(H,35,41)(H,36,42)(H,37,43)(H,38,44)/t21-,22-,29+,30+/m1/s1. The predicted molar refractivity (Wildman–Crippen MR) is 172 cm³/mol. The van der Waals surface area contributed by atoms with Gasteiger partial charge in [-0.15, -0.1) is 0 Å². The Hall–Kier alpha value is -5.18. The van der Waals surface area contributed by atoms with Crippen molar-refractivity contribution in [3.8, 4) is 11.8 Å². The molecule has 12 heteroatoms. The van der Waals surface area contributed by atoms with Crippen molar-refractivity contribution >= 4 is 46.8 Å². The van der Waals surface area contributed by atoms with Crippen molar-refractivity contribution in [1.82, 2.24) is 20.4 Å². The Kier molecular flexibility index (Phi) is 11.1. The van der Waals surface area contributed by atoms with E-state index in [-0.39, 0.29) is 35.4 Å². The number of amides is 6. The van der Waals surface area contributed by atoms with Gasteiger partial charge in [0.05, 0.1) is 0 Å². The lowest BCUT2D eigenvalue weighted by Gasteiger charge is -2.27. The third kappa shape index (κ3) is 8.72. The fraction of sp³-hybridized carbons (Fsp3) is 0.412. The molecule has 2 aromatic rings. The molecule has 0 aromatic heterocycles. The predicted octanol–water partition coefficient (Wildman–Crippen LogP) is 1.99. The second kappa shape index (κ2) is 15.2. The fourth-order valence-corrected chi connectivity index (χ4v) is 5.71. The van der Waals surface area contributed by atoms with E-state index in [0.29, 0.717) is 50.1 Å². The second-order valence-corrected chi connectivity index (χ2v) is 11.6. The summed E-state index contributed by atoms with van der Waals surface area (Å²) in [5.41, 5.74) is 2.63. The normalized spacial score (nSPS) is 18.4. The molecule has 2 saturated heterocycles. The van der Waals surface area contributed by atoms with Gasteiger partial charge in [0.25, 0.3) is 0 Å². The van der Waals surface area contributed by atoms with Crippen molar-refractivity contribution in [2.75, 3.05) is 23.7 Å². The summed E-state index contributed by atoms with van der Waals surface area (Å²) < 4.78 is 0. The summed E-state index contributed by atoms with van der Waals surface area (Å²) in [6, 6.07) is 11.5. The lowest BCUT2D eigenvalue weighted by Crippen LogP contribution is -2.51. The van der Waals surface area contributed by atoms with Gasteiger partial charge in [-0.3, -0.25) is 28.8 Å². The minimum absolute atomic E-state index is 0.279. The van der Waals surface area contributed by atoms with Gasteiger partial charge in [0.2, 0.25) is 35.4 Å². The Morgan fingerprint density at radius 3 is 1.30 bits per heavy atom. The molecule has 2 fully saturated rings. The van der Waals surface area contributed by atoms with Crippen molar-refractivity contribution in [1.29, 1.82) is 0 Å². The van der Waals surface area contributed by atoms with E-state index in [0.717, 1.165) is 11.1 Å². The third-order valence-electron chi connectivity index (χ3n) is 7.91. The van der Waals surface area contributed by atoms with Gasteiger partial charge in [-0.25, -0.2) is 0 Å². The molecule has 2 aliphatic heterocycles. The topological polar surface area (TPSA) is 157 Å². The number of carbonyl (C=O) groups excluding carboxylic acids is 6. The SMILES string of the molecule is CC(=O)N[C@H](C)C(=O)N1CCC[C@H]1C(=O)Nc1ccc(C#Cc2ccc(NC(=O)[C@@H]3CCCN3C(=O)[C@@H](C)NC(C)=O)cc2)cc1.